The van der Waals surface area contributed by atoms with Crippen molar-refractivity contribution in [2.24, 2.45) is 5.41 Å². The molecule has 1 saturated carbocycles. The topological polar surface area (TPSA) is 32.3 Å². The number of hydrogen-bond acceptors (Lipinski definition) is 2. The van der Waals surface area contributed by atoms with Gasteiger partial charge in [-0.2, -0.15) is 0 Å². The molecular formula is C11H23NO. The maximum atomic E-state index is 9.59. The molecule has 2 N–H and O–H groups in total. The molecule has 13 heavy (non-hydrogen) atoms. The van der Waals surface area contributed by atoms with Gasteiger partial charge in [-0.25, -0.2) is 0 Å². The number of hydrogen-bond donors (Lipinski definition) is 2. The molecule has 1 atom stereocenters. The third-order valence-electron chi connectivity index (χ3n) is 3.04. The second kappa shape index (κ2) is 3.58. The Balaban J connectivity index is 2.37. The first-order valence-corrected chi connectivity index (χ1v) is 5.27. The van der Waals surface area contributed by atoms with E-state index in [0.717, 1.165) is 0 Å². The molecule has 0 aliphatic heterocycles. The first-order chi connectivity index (χ1) is 5.81. The van der Waals surface area contributed by atoms with Crippen molar-refractivity contribution >= 4 is 0 Å². The van der Waals surface area contributed by atoms with E-state index in [1.54, 1.807) is 0 Å². The van der Waals surface area contributed by atoms with Gasteiger partial charge in [0, 0.05) is 12.6 Å². The SMILES string of the molecule is CC(C)(O)CNC1CCCC1(C)C. The molecule has 0 spiro atoms. The summed E-state index contributed by atoms with van der Waals surface area (Å²) in [5.41, 5.74) is -0.177. The van der Waals surface area contributed by atoms with Gasteiger partial charge < -0.3 is 10.4 Å². The number of aliphatic hydroxyl groups is 1. The summed E-state index contributed by atoms with van der Waals surface area (Å²) in [5, 5.41) is 13.0. The summed E-state index contributed by atoms with van der Waals surface area (Å²) in [6, 6.07) is 0.582. The quantitative estimate of drug-likeness (QED) is 0.704. The molecule has 0 aromatic heterocycles. The van der Waals surface area contributed by atoms with Gasteiger partial charge in [-0.05, 0) is 32.1 Å². The van der Waals surface area contributed by atoms with Crippen LogP contribution in [0.15, 0.2) is 0 Å². The van der Waals surface area contributed by atoms with Crippen LogP contribution in [0, 0.1) is 5.41 Å². The zero-order valence-electron chi connectivity index (χ0n) is 9.35. The van der Waals surface area contributed by atoms with E-state index in [9.17, 15) is 5.11 Å². The fourth-order valence-corrected chi connectivity index (χ4v) is 2.08. The fourth-order valence-electron chi connectivity index (χ4n) is 2.08. The molecule has 1 aliphatic carbocycles. The van der Waals surface area contributed by atoms with E-state index < -0.39 is 5.60 Å². The first-order valence-electron chi connectivity index (χ1n) is 5.27. The Morgan fingerprint density at radius 1 is 1.46 bits per heavy atom. The summed E-state index contributed by atoms with van der Waals surface area (Å²) < 4.78 is 0. The van der Waals surface area contributed by atoms with E-state index in [1.165, 1.54) is 19.3 Å². The average molecular weight is 185 g/mol. The molecule has 0 heterocycles. The van der Waals surface area contributed by atoms with Crippen molar-refractivity contribution in [3.05, 3.63) is 0 Å². The standard InChI is InChI=1S/C11H23NO/c1-10(2)7-5-6-9(10)12-8-11(3,4)13/h9,12-13H,5-8H2,1-4H3. The zero-order chi connectivity index (χ0) is 10.1. The molecule has 1 fully saturated rings. The van der Waals surface area contributed by atoms with Crippen molar-refractivity contribution in [3.63, 3.8) is 0 Å². The van der Waals surface area contributed by atoms with Gasteiger partial charge >= 0.3 is 0 Å². The molecule has 0 bridgehead atoms. The average Bonchev–Trinajstić information content (AvgIpc) is 2.23. The maximum Gasteiger partial charge on any atom is 0.0715 e. The van der Waals surface area contributed by atoms with Crippen LogP contribution in [0.2, 0.25) is 0 Å². The van der Waals surface area contributed by atoms with Crippen molar-refractivity contribution in [2.75, 3.05) is 6.54 Å². The Morgan fingerprint density at radius 2 is 2.08 bits per heavy atom. The molecule has 1 unspecified atom stereocenters. The second-order valence-electron chi connectivity index (χ2n) is 5.63. The van der Waals surface area contributed by atoms with E-state index in [1.807, 2.05) is 13.8 Å². The third kappa shape index (κ3) is 3.28. The Morgan fingerprint density at radius 3 is 2.46 bits per heavy atom. The molecule has 1 rings (SSSR count). The van der Waals surface area contributed by atoms with Crippen LogP contribution in [0.1, 0.15) is 47.0 Å². The summed E-state index contributed by atoms with van der Waals surface area (Å²) in [6.07, 6.45) is 3.87. The molecule has 0 saturated heterocycles. The van der Waals surface area contributed by atoms with Crippen LogP contribution in [-0.4, -0.2) is 23.3 Å². The number of rotatable bonds is 3. The third-order valence-corrected chi connectivity index (χ3v) is 3.04. The van der Waals surface area contributed by atoms with Crippen LogP contribution >= 0.6 is 0 Å². The molecule has 2 heteroatoms. The van der Waals surface area contributed by atoms with Crippen LogP contribution in [-0.2, 0) is 0 Å². The summed E-state index contributed by atoms with van der Waals surface area (Å²) >= 11 is 0. The lowest BCUT2D eigenvalue weighted by Gasteiger charge is -2.30. The lowest BCUT2D eigenvalue weighted by Crippen LogP contribution is -2.44. The minimum absolute atomic E-state index is 0.408. The zero-order valence-corrected chi connectivity index (χ0v) is 9.35. The molecule has 0 aromatic carbocycles. The smallest absolute Gasteiger partial charge is 0.0715 e. The maximum absolute atomic E-state index is 9.59. The summed E-state index contributed by atoms with van der Waals surface area (Å²) in [7, 11) is 0. The van der Waals surface area contributed by atoms with E-state index in [2.05, 4.69) is 19.2 Å². The van der Waals surface area contributed by atoms with Crippen molar-refractivity contribution in [1.29, 1.82) is 0 Å². The minimum Gasteiger partial charge on any atom is -0.389 e. The van der Waals surface area contributed by atoms with Gasteiger partial charge in [0.15, 0.2) is 0 Å². The summed E-state index contributed by atoms with van der Waals surface area (Å²) in [4.78, 5) is 0. The lowest BCUT2D eigenvalue weighted by atomic mass is 9.87. The highest BCUT2D eigenvalue weighted by molar-refractivity contribution is 4.91. The number of nitrogens with one attached hydrogen (secondary N) is 1. The Labute approximate surface area is 81.7 Å². The van der Waals surface area contributed by atoms with Crippen molar-refractivity contribution in [2.45, 2.75) is 58.6 Å². The normalized spacial score (nSPS) is 27.9. The van der Waals surface area contributed by atoms with Gasteiger partial charge in [0.2, 0.25) is 0 Å². The highest BCUT2D eigenvalue weighted by Gasteiger charge is 2.34. The molecule has 78 valence electrons. The van der Waals surface area contributed by atoms with Crippen molar-refractivity contribution in [1.82, 2.24) is 5.32 Å². The van der Waals surface area contributed by atoms with Crippen molar-refractivity contribution < 1.29 is 5.11 Å². The molecule has 0 radical (unpaired) electrons. The van der Waals surface area contributed by atoms with Gasteiger partial charge in [-0.3, -0.25) is 0 Å². The van der Waals surface area contributed by atoms with Crippen LogP contribution < -0.4 is 5.32 Å². The molecule has 0 amide bonds. The predicted molar refractivity (Wildman–Crippen MR) is 55.7 cm³/mol. The Bertz CT molecular complexity index is 169. The van der Waals surface area contributed by atoms with Crippen LogP contribution in [0.3, 0.4) is 0 Å². The Hall–Kier alpha value is -0.0800. The lowest BCUT2D eigenvalue weighted by molar-refractivity contribution is 0.0714. The second-order valence-corrected chi connectivity index (χ2v) is 5.63. The van der Waals surface area contributed by atoms with E-state index in [0.29, 0.717) is 18.0 Å². The summed E-state index contributed by atoms with van der Waals surface area (Å²) in [6.45, 7) is 9.01. The monoisotopic (exact) mass is 185 g/mol. The highest BCUT2D eigenvalue weighted by Crippen LogP contribution is 2.37. The molecule has 0 aromatic rings. The predicted octanol–water partition coefficient (Wildman–Crippen LogP) is 1.93. The van der Waals surface area contributed by atoms with Crippen LogP contribution in [0.25, 0.3) is 0 Å². The molecular weight excluding hydrogens is 162 g/mol. The minimum atomic E-state index is -0.585. The fraction of sp³-hybridized carbons (Fsp3) is 1.00. The van der Waals surface area contributed by atoms with E-state index >= 15 is 0 Å². The molecule has 2 nitrogen and oxygen atoms in total. The van der Waals surface area contributed by atoms with Crippen LogP contribution in [0.5, 0.6) is 0 Å². The van der Waals surface area contributed by atoms with Gasteiger partial charge in [0.25, 0.3) is 0 Å². The van der Waals surface area contributed by atoms with E-state index in [-0.39, 0.29) is 0 Å². The van der Waals surface area contributed by atoms with Gasteiger partial charge in [-0.1, -0.05) is 20.3 Å². The summed E-state index contributed by atoms with van der Waals surface area (Å²) in [5.74, 6) is 0. The highest BCUT2D eigenvalue weighted by atomic mass is 16.3. The Kier molecular flexibility index (Phi) is 3.03. The van der Waals surface area contributed by atoms with E-state index in [4.69, 9.17) is 0 Å². The van der Waals surface area contributed by atoms with Crippen LogP contribution in [0.4, 0.5) is 0 Å². The van der Waals surface area contributed by atoms with Crippen molar-refractivity contribution in [3.8, 4) is 0 Å². The van der Waals surface area contributed by atoms with Gasteiger partial charge in [0.05, 0.1) is 5.60 Å². The first kappa shape index (κ1) is 11.0. The largest absolute Gasteiger partial charge is 0.389 e. The van der Waals surface area contributed by atoms with Gasteiger partial charge in [0.1, 0.15) is 0 Å². The molecule has 1 aliphatic rings. The van der Waals surface area contributed by atoms with Gasteiger partial charge in [-0.15, -0.1) is 0 Å².